The van der Waals surface area contributed by atoms with E-state index in [0.29, 0.717) is 33.2 Å². The molecule has 0 aliphatic carbocycles. The first-order valence-electron chi connectivity index (χ1n) is 10.7. The van der Waals surface area contributed by atoms with Crippen molar-refractivity contribution in [3.8, 4) is 22.6 Å². The molecule has 5 rings (SSSR count). The molecule has 0 aliphatic rings. The zero-order valence-corrected chi connectivity index (χ0v) is 19.4. The van der Waals surface area contributed by atoms with E-state index < -0.39 is 0 Å². The molecule has 0 radical (unpaired) electrons. The summed E-state index contributed by atoms with van der Waals surface area (Å²) in [6, 6.07) is 26.7. The van der Waals surface area contributed by atoms with E-state index in [2.05, 4.69) is 15.5 Å². The number of hydrogen-bond donors (Lipinski definition) is 1. The average molecular weight is 469 g/mol. The molecule has 34 heavy (non-hydrogen) atoms. The maximum Gasteiger partial charge on any atom is 0.255 e. The van der Waals surface area contributed by atoms with Crippen LogP contribution >= 0.6 is 11.6 Å². The largest absolute Gasteiger partial charge is 0.495 e. The van der Waals surface area contributed by atoms with Gasteiger partial charge in [-0.05, 0) is 66.1 Å². The molecule has 0 atom stereocenters. The Morgan fingerprint density at radius 2 is 1.56 bits per heavy atom. The second-order valence-electron chi connectivity index (χ2n) is 7.86. The number of anilines is 1. The van der Waals surface area contributed by atoms with Gasteiger partial charge in [-0.25, -0.2) is 0 Å². The molecule has 0 spiro atoms. The van der Waals surface area contributed by atoms with Gasteiger partial charge in [0.25, 0.3) is 5.91 Å². The van der Waals surface area contributed by atoms with Gasteiger partial charge in [0, 0.05) is 11.3 Å². The summed E-state index contributed by atoms with van der Waals surface area (Å²) in [5.74, 6) is 0.399. The second-order valence-corrected chi connectivity index (χ2v) is 8.27. The molecule has 4 aromatic carbocycles. The average Bonchev–Trinajstić information content (AvgIpc) is 3.27. The lowest BCUT2D eigenvalue weighted by Gasteiger charge is -2.09. The fraction of sp³-hybridized carbons (Fsp3) is 0.0741. The van der Waals surface area contributed by atoms with Gasteiger partial charge in [-0.15, -0.1) is 10.2 Å². The van der Waals surface area contributed by atoms with Crippen LogP contribution in [0.15, 0.2) is 84.9 Å². The van der Waals surface area contributed by atoms with E-state index in [1.165, 1.54) is 4.80 Å². The Morgan fingerprint density at radius 3 is 2.24 bits per heavy atom. The number of nitrogens with one attached hydrogen (secondary N) is 1. The maximum atomic E-state index is 12.9. The van der Waals surface area contributed by atoms with Crippen molar-refractivity contribution in [3.63, 3.8) is 0 Å². The first-order valence-corrected chi connectivity index (χ1v) is 11.1. The van der Waals surface area contributed by atoms with Gasteiger partial charge in [-0.1, -0.05) is 54.1 Å². The lowest BCUT2D eigenvalue weighted by molar-refractivity contribution is 0.102. The number of aryl methyl sites for hydroxylation is 1. The van der Waals surface area contributed by atoms with Gasteiger partial charge in [-0.2, -0.15) is 4.80 Å². The van der Waals surface area contributed by atoms with Gasteiger partial charge in [-0.3, -0.25) is 4.79 Å². The van der Waals surface area contributed by atoms with Crippen LogP contribution in [-0.2, 0) is 0 Å². The Hall–Kier alpha value is -4.16. The standard InChI is InChI=1S/C27H21ClN4O2/c1-17-14-24-25(31-32(30-24)21-12-13-26(34-2)22(28)15-21)16-23(17)29-27(33)20-10-8-19(9-11-20)18-6-4-3-5-7-18/h3-16H,1-2H3,(H,29,33). The van der Waals surface area contributed by atoms with Crippen molar-refractivity contribution in [2.24, 2.45) is 0 Å². The molecule has 1 aromatic heterocycles. The Kier molecular flexibility index (Phi) is 5.74. The van der Waals surface area contributed by atoms with Gasteiger partial charge >= 0.3 is 0 Å². The second kappa shape index (κ2) is 9.00. The third kappa shape index (κ3) is 4.23. The Morgan fingerprint density at radius 1 is 0.882 bits per heavy atom. The van der Waals surface area contributed by atoms with E-state index in [4.69, 9.17) is 16.3 Å². The summed E-state index contributed by atoms with van der Waals surface area (Å²) in [4.78, 5) is 14.4. The highest BCUT2D eigenvalue weighted by atomic mass is 35.5. The number of carbonyl (C=O) groups is 1. The van der Waals surface area contributed by atoms with Crippen molar-refractivity contribution in [3.05, 3.63) is 101 Å². The van der Waals surface area contributed by atoms with E-state index in [9.17, 15) is 4.79 Å². The molecule has 0 bridgehead atoms. The third-order valence-electron chi connectivity index (χ3n) is 5.60. The monoisotopic (exact) mass is 468 g/mol. The quantitative estimate of drug-likeness (QED) is 0.328. The summed E-state index contributed by atoms with van der Waals surface area (Å²) < 4.78 is 5.21. The van der Waals surface area contributed by atoms with Gasteiger partial charge in [0.2, 0.25) is 0 Å². The van der Waals surface area contributed by atoms with Gasteiger partial charge in [0.1, 0.15) is 16.8 Å². The molecule has 1 N–H and O–H groups in total. The predicted molar refractivity (Wildman–Crippen MR) is 135 cm³/mol. The van der Waals surface area contributed by atoms with Crippen LogP contribution in [0.5, 0.6) is 5.75 Å². The van der Waals surface area contributed by atoms with Crippen LogP contribution in [-0.4, -0.2) is 28.0 Å². The van der Waals surface area contributed by atoms with Crippen molar-refractivity contribution in [2.75, 3.05) is 12.4 Å². The van der Waals surface area contributed by atoms with Crippen molar-refractivity contribution >= 4 is 34.2 Å². The number of hydrogen-bond acceptors (Lipinski definition) is 4. The molecule has 1 heterocycles. The summed E-state index contributed by atoms with van der Waals surface area (Å²) in [5, 5.41) is 12.6. The molecular weight excluding hydrogens is 448 g/mol. The van der Waals surface area contributed by atoms with Crippen LogP contribution in [0, 0.1) is 6.92 Å². The van der Waals surface area contributed by atoms with E-state index in [1.54, 1.807) is 19.2 Å². The zero-order chi connectivity index (χ0) is 23.7. The molecule has 1 amide bonds. The third-order valence-corrected chi connectivity index (χ3v) is 5.89. The minimum Gasteiger partial charge on any atom is -0.495 e. The summed E-state index contributed by atoms with van der Waals surface area (Å²) in [6.07, 6.45) is 0. The fourth-order valence-corrected chi connectivity index (χ4v) is 3.99. The number of ether oxygens (including phenoxy) is 1. The smallest absolute Gasteiger partial charge is 0.255 e. The molecule has 168 valence electrons. The van der Waals surface area contributed by atoms with E-state index in [0.717, 1.165) is 22.2 Å². The van der Waals surface area contributed by atoms with Crippen LogP contribution < -0.4 is 10.1 Å². The topological polar surface area (TPSA) is 69.0 Å². The van der Waals surface area contributed by atoms with Crippen LogP contribution in [0.25, 0.3) is 27.8 Å². The normalized spacial score (nSPS) is 10.9. The first kappa shape index (κ1) is 21.7. The molecule has 0 aliphatic heterocycles. The molecule has 0 saturated heterocycles. The van der Waals surface area contributed by atoms with E-state index in [-0.39, 0.29) is 5.91 Å². The van der Waals surface area contributed by atoms with E-state index >= 15 is 0 Å². The number of fused-ring (bicyclic) bond motifs is 1. The highest BCUT2D eigenvalue weighted by Crippen LogP contribution is 2.28. The Bertz CT molecular complexity index is 1500. The van der Waals surface area contributed by atoms with Gasteiger partial charge < -0.3 is 10.1 Å². The fourth-order valence-electron chi connectivity index (χ4n) is 3.74. The number of carbonyl (C=O) groups excluding carboxylic acids is 1. The molecule has 0 unspecified atom stereocenters. The van der Waals surface area contributed by atoms with E-state index in [1.807, 2.05) is 79.7 Å². The molecule has 7 heteroatoms. The maximum absolute atomic E-state index is 12.9. The van der Waals surface area contributed by atoms with Crippen molar-refractivity contribution in [2.45, 2.75) is 6.92 Å². The molecule has 0 fully saturated rings. The van der Waals surface area contributed by atoms with Crippen LogP contribution in [0.1, 0.15) is 15.9 Å². The van der Waals surface area contributed by atoms with Crippen molar-refractivity contribution < 1.29 is 9.53 Å². The Balaban J connectivity index is 1.39. The summed E-state index contributed by atoms with van der Waals surface area (Å²) >= 11 is 6.25. The highest BCUT2D eigenvalue weighted by Gasteiger charge is 2.13. The lowest BCUT2D eigenvalue weighted by Crippen LogP contribution is -2.12. The Labute approximate surface area is 201 Å². The number of aromatic nitrogens is 3. The number of amides is 1. The summed E-state index contributed by atoms with van der Waals surface area (Å²) in [5.41, 5.74) is 6.41. The number of benzene rings is 4. The van der Waals surface area contributed by atoms with Crippen LogP contribution in [0.4, 0.5) is 5.69 Å². The molecular formula is C27H21ClN4O2. The van der Waals surface area contributed by atoms with Gasteiger partial charge in [0.05, 0.1) is 17.8 Å². The molecule has 6 nitrogen and oxygen atoms in total. The van der Waals surface area contributed by atoms with Crippen LogP contribution in [0.3, 0.4) is 0 Å². The number of halogens is 1. The first-order chi connectivity index (χ1) is 16.5. The number of nitrogens with zero attached hydrogens (tertiary/aromatic N) is 3. The highest BCUT2D eigenvalue weighted by molar-refractivity contribution is 6.32. The summed E-state index contributed by atoms with van der Waals surface area (Å²) in [7, 11) is 1.57. The van der Waals surface area contributed by atoms with Crippen molar-refractivity contribution in [1.82, 2.24) is 15.0 Å². The minimum atomic E-state index is -0.184. The lowest BCUT2D eigenvalue weighted by atomic mass is 10.0. The zero-order valence-electron chi connectivity index (χ0n) is 18.6. The SMILES string of the molecule is COc1ccc(-n2nc3cc(C)c(NC(=O)c4ccc(-c5ccccc5)cc4)cc3n2)cc1Cl. The predicted octanol–water partition coefficient (Wildman–Crippen LogP) is 6.31. The molecule has 0 saturated carbocycles. The van der Waals surface area contributed by atoms with Crippen molar-refractivity contribution in [1.29, 1.82) is 0 Å². The van der Waals surface area contributed by atoms with Gasteiger partial charge in [0.15, 0.2) is 0 Å². The molecule has 5 aromatic rings. The minimum absolute atomic E-state index is 0.184. The number of rotatable bonds is 5. The number of methoxy groups -OCH3 is 1. The van der Waals surface area contributed by atoms with Crippen LogP contribution in [0.2, 0.25) is 5.02 Å². The summed E-state index contributed by atoms with van der Waals surface area (Å²) in [6.45, 7) is 1.93.